The first kappa shape index (κ1) is 14.9. The maximum Gasteiger partial charge on any atom is 0.323 e. The van der Waals surface area contributed by atoms with E-state index < -0.39 is 5.41 Å². The standard InChI is InChI=1S/C17H26O4/c18-15(20-13-7-5-8-13)17(11-3-1-2-4-12-17)16(19)21-14-9-6-10-14/h13-14H,1-12H2. The quantitative estimate of drug-likeness (QED) is 0.452. The third kappa shape index (κ3) is 3.09. The Labute approximate surface area is 126 Å². The molecule has 21 heavy (non-hydrogen) atoms. The average Bonchev–Trinajstić information content (AvgIpc) is 2.64. The summed E-state index contributed by atoms with van der Waals surface area (Å²) in [6, 6.07) is 0. The molecule has 0 saturated heterocycles. The molecular weight excluding hydrogens is 268 g/mol. The van der Waals surface area contributed by atoms with Gasteiger partial charge in [-0.2, -0.15) is 0 Å². The minimum absolute atomic E-state index is 0.0362. The zero-order valence-corrected chi connectivity index (χ0v) is 12.8. The second kappa shape index (κ2) is 6.37. The molecule has 3 saturated carbocycles. The highest BCUT2D eigenvalue weighted by atomic mass is 16.6. The Kier molecular flexibility index (Phi) is 4.51. The van der Waals surface area contributed by atoms with E-state index in [4.69, 9.17) is 9.47 Å². The minimum atomic E-state index is -1.01. The van der Waals surface area contributed by atoms with Crippen molar-refractivity contribution in [3.63, 3.8) is 0 Å². The van der Waals surface area contributed by atoms with Crippen LogP contribution in [0.1, 0.15) is 77.0 Å². The Hall–Kier alpha value is -1.06. The highest BCUT2D eigenvalue weighted by Gasteiger charge is 2.50. The van der Waals surface area contributed by atoms with Crippen LogP contribution in [0.15, 0.2) is 0 Å². The molecule has 0 aromatic heterocycles. The first-order valence-electron chi connectivity index (χ1n) is 8.63. The van der Waals surface area contributed by atoms with Gasteiger partial charge in [0, 0.05) is 0 Å². The summed E-state index contributed by atoms with van der Waals surface area (Å²) in [5.74, 6) is -0.614. The van der Waals surface area contributed by atoms with Gasteiger partial charge in [-0.1, -0.05) is 25.7 Å². The van der Waals surface area contributed by atoms with E-state index in [0.29, 0.717) is 12.8 Å². The van der Waals surface area contributed by atoms with Gasteiger partial charge in [-0.05, 0) is 51.4 Å². The van der Waals surface area contributed by atoms with Crippen LogP contribution in [0, 0.1) is 5.41 Å². The van der Waals surface area contributed by atoms with Gasteiger partial charge in [0.05, 0.1) is 0 Å². The Morgan fingerprint density at radius 1 is 0.667 bits per heavy atom. The molecule has 0 aliphatic heterocycles. The van der Waals surface area contributed by atoms with Gasteiger partial charge in [0.25, 0.3) is 0 Å². The summed E-state index contributed by atoms with van der Waals surface area (Å²) in [5, 5.41) is 0. The van der Waals surface area contributed by atoms with Crippen LogP contribution in [0.2, 0.25) is 0 Å². The third-order valence-electron chi connectivity index (χ3n) is 5.39. The number of carbonyl (C=O) groups excluding carboxylic acids is 2. The molecule has 0 bridgehead atoms. The summed E-state index contributed by atoms with van der Waals surface area (Å²) in [6.45, 7) is 0. The van der Waals surface area contributed by atoms with E-state index in [1.807, 2.05) is 0 Å². The van der Waals surface area contributed by atoms with Gasteiger partial charge in [0.15, 0.2) is 5.41 Å². The average molecular weight is 294 g/mol. The molecule has 0 amide bonds. The first-order chi connectivity index (χ1) is 10.2. The maximum absolute atomic E-state index is 12.7. The summed E-state index contributed by atoms with van der Waals surface area (Å²) in [7, 11) is 0. The predicted octanol–water partition coefficient (Wildman–Crippen LogP) is 3.52. The smallest absolute Gasteiger partial charge is 0.323 e. The van der Waals surface area contributed by atoms with Crippen LogP contribution in [0.5, 0.6) is 0 Å². The number of hydrogen-bond acceptors (Lipinski definition) is 4. The fourth-order valence-corrected chi connectivity index (χ4v) is 3.33. The van der Waals surface area contributed by atoms with Crippen LogP contribution in [0.25, 0.3) is 0 Å². The van der Waals surface area contributed by atoms with Crippen LogP contribution in [0.3, 0.4) is 0 Å². The van der Waals surface area contributed by atoms with Crippen molar-refractivity contribution in [2.24, 2.45) is 5.41 Å². The Bertz CT molecular complexity index is 358. The van der Waals surface area contributed by atoms with E-state index in [1.54, 1.807) is 0 Å². The molecule has 3 aliphatic carbocycles. The van der Waals surface area contributed by atoms with Gasteiger partial charge in [0.2, 0.25) is 0 Å². The van der Waals surface area contributed by atoms with Gasteiger partial charge in [-0.3, -0.25) is 9.59 Å². The molecule has 118 valence electrons. The summed E-state index contributed by atoms with van der Waals surface area (Å²) < 4.78 is 11.2. The van der Waals surface area contributed by atoms with E-state index in [9.17, 15) is 9.59 Å². The van der Waals surface area contributed by atoms with Gasteiger partial charge in [-0.15, -0.1) is 0 Å². The van der Waals surface area contributed by atoms with Crippen molar-refractivity contribution in [3.05, 3.63) is 0 Å². The molecule has 3 rings (SSSR count). The fraction of sp³-hybridized carbons (Fsp3) is 0.882. The topological polar surface area (TPSA) is 52.6 Å². The van der Waals surface area contributed by atoms with Crippen molar-refractivity contribution in [2.45, 2.75) is 89.3 Å². The molecule has 4 nitrogen and oxygen atoms in total. The Morgan fingerprint density at radius 3 is 1.43 bits per heavy atom. The van der Waals surface area contributed by atoms with E-state index >= 15 is 0 Å². The molecule has 0 N–H and O–H groups in total. The summed E-state index contributed by atoms with van der Waals surface area (Å²) in [6.07, 6.45) is 11.3. The van der Waals surface area contributed by atoms with Crippen molar-refractivity contribution in [1.29, 1.82) is 0 Å². The molecule has 0 atom stereocenters. The first-order valence-corrected chi connectivity index (χ1v) is 8.63. The van der Waals surface area contributed by atoms with Gasteiger partial charge in [0.1, 0.15) is 12.2 Å². The van der Waals surface area contributed by atoms with Crippen molar-refractivity contribution in [2.75, 3.05) is 0 Å². The van der Waals surface area contributed by atoms with Crippen molar-refractivity contribution < 1.29 is 19.1 Å². The fourth-order valence-electron chi connectivity index (χ4n) is 3.33. The minimum Gasteiger partial charge on any atom is -0.462 e. The second-order valence-electron chi connectivity index (χ2n) is 6.91. The zero-order chi connectivity index (χ0) is 14.7. The molecule has 4 heteroatoms. The van der Waals surface area contributed by atoms with E-state index in [0.717, 1.165) is 64.2 Å². The molecule has 3 aliphatic rings. The molecular formula is C17H26O4. The lowest BCUT2D eigenvalue weighted by Crippen LogP contribution is -2.45. The van der Waals surface area contributed by atoms with E-state index in [1.165, 1.54) is 0 Å². The lowest BCUT2D eigenvalue weighted by molar-refractivity contribution is -0.184. The third-order valence-corrected chi connectivity index (χ3v) is 5.39. The Balaban J connectivity index is 1.71. The summed E-state index contributed by atoms with van der Waals surface area (Å²) in [5.41, 5.74) is -1.01. The van der Waals surface area contributed by atoms with Crippen molar-refractivity contribution in [3.8, 4) is 0 Å². The molecule has 3 fully saturated rings. The van der Waals surface area contributed by atoms with Gasteiger partial charge in [-0.25, -0.2) is 0 Å². The number of ether oxygens (including phenoxy) is 2. The summed E-state index contributed by atoms with van der Waals surface area (Å²) in [4.78, 5) is 25.4. The molecule has 0 radical (unpaired) electrons. The maximum atomic E-state index is 12.7. The van der Waals surface area contributed by atoms with Crippen molar-refractivity contribution >= 4 is 11.9 Å². The van der Waals surface area contributed by atoms with Crippen LogP contribution in [0.4, 0.5) is 0 Å². The number of hydrogen-bond donors (Lipinski definition) is 0. The molecule has 0 spiro atoms. The van der Waals surface area contributed by atoms with Crippen LogP contribution >= 0.6 is 0 Å². The normalized spacial score (nSPS) is 26.1. The zero-order valence-electron chi connectivity index (χ0n) is 12.8. The molecule has 0 unspecified atom stereocenters. The number of esters is 2. The lowest BCUT2D eigenvalue weighted by atomic mass is 9.79. The SMILES string of the molecule is O=C(OC1CCC1)C1(C(=O)OC2CCC2)CCCCCC1. The van der Waals surface area contributed by atoms with E-state index in [2.05, 4.69) is 0 Å². The molecule has 0 aromatic carbocycles. The van der Waals surface area contributed by atoms with Gasteiger partial charge >= 0.3 is 11.9 Å². The van der Waals surface area contributed by atoms with Gasteiger partial charge < -0.3 is 9.47 Å². The van der Waals surface area contributed by atoms with Crippen LogP contribution in [-0.4, -0.2) is 24.1 Å². The Morgan fingerprint density at radius 2 is 1.10 bits per heavy atom. The second-order valence-corrected chi connectivity index (χ2v) is 6.91. The highest BCUT2D eigenvalue weighted by Crippen LogP contribution is 2.40. The van der Waals surface area contributed by atoms with Crippen LogP contribution in [-0.2, 0) is 19.1 Å². The largest absolute Gasteiger partial charge is 0.462 e. The molecule has 0 aromatic rings. The van der Waals surface area contributed by atoms with Crippen molar-refractivity contribution in [1.82, 2.24) is 0 Å². The van der Waals surface area contributed by atoms with E-state index in [-0.39, 0.29) is 24.1 Å². The lowest BCUT2D eigenvalue weighted by Gasteiger charge is -2.35. The summed E-state index contributed by atoms with van der Waals surface area (Å²) >= 11 is 0. The molecule has 0 heterocycles. The van der Waals surface area contributed by atoms with Crippen LogP contribution < -0.4 is 0 Å². The number of rotatable bonds is 4. The number of carbonyl (C=O) groups is 2. The highest BCUT2D eigenvalue weighted by molar-refractivity contribution is 6.00. The monoisotopic (exact) mass is 294 g/mol. The predicted molar refractivity (Wildman–Crippen MR) is 77.6 cm³/mol.